The van der Waals surface area contributed by atoms with Crippen molar-refractivity contribution < 1.29 is 30.5 Å². The summed E-state index contributed by atoms with van der Waals surface area (Å²) in [6, 6.07) is 5.37. The quantitative estimate of drug-likeness (QED) is 0.311. The summed E-state index contributed by atoms with van der Waals surface area (Å²) in [6.45, 7) is 15.7. The Kier molecular flexibility index (Phi) is 12.2. The molecule has 1 aromatic carbocycles. The minimum Gasteiger partial charge on any atom is -0.700 e. The van der Waals surface area contributed by atoms with Crippen LogP contribution in [-0.2, 0) is 36.0 Å². The fourth-order valence-corrected chi connectivity index (χ4v) is 2.46. The third kappa shape index (κ3) is 10.9. The van der Waals surface area contributed by atoms with Gasteiger partial charge in [-0.05, 0) is 34.1 Å². The zero-order chi connectivity index (χ0) is 22.9. The molecule has 0 amide bonds. The second-order valence-corrected chi connectivity index (χ2v) is 9.25. The molecule has 4 N–H and O–H groups in total. The van der Waals surface area contributed by atoms with Crippen molar-refractivity contribution >= 4 is 22.8 Å². The summed E-state index contributed by atoms with van der Waals surface area (Å²) in [5.74, 6) is 0. The Hall–Kier alpha value is -1.75. The van der Waals surface area contributed by atoms with Crippen LogP contribution in [0.4, 0.5) is 11.4 Å². The van der Waals surface area contributed by atoms with Gasteiger partial charge in [0.25, 0.3) is 0 Å². The van der Waals surface area contributed by atoms with E-state index in [0.29, 0.717) is 22.8 Å². The molecular weight excluding hydrogens is 571 g/mol. The molecule has 1 fully saturated rings. The standard InChI is InChI=1S/2C10H14N2.C4H8O2.Pt/c2*1-10(2,3)7-4-5-8(11)9(12)6-7;1-2-6-4-3-5-1;/h2*4-6,11-12H,1-3H3;1-4H2;/q;-2;;+2. The van der Waals surface area contributed by atoms with E-state index in [4.69, 9.17) is 31.8 Å². The maximum Gasteiger partial charge on any atom is 2.00 e. The average molecular weight is 608 g/mol. The fraction of sp³-hybridized carbons (Fsp3) is 0.500. The van der Waals surface area contributed by atoms with E-state index >= 15 is 0 Å². The van der Waals surface area contributed by atoms with Crippen molar-refractivity contribution in [1.29, 1.82) is 10.8 Å². The first-order valence-electron chi connectivity index (χ1n) is 10.1. The number of allylic oxidation sites excluding steroid dienone is 4. The largest absolute Gasteiger partial charge is 2.00 e. The van der Waals surface area contributed by atoms with Gasteiger partial charge in [-0.3, -0.25) is 10.8 Å². The number of rotatable bonds is 0. The topological polar surface area (TPSA) is 114 Å². The zero-order valence-corrected chi connectivity index (χ0v) is 21.7. The van der Waals surface area contributed by atoms with Crippen molar-refractivity contribution in [2.24, 2.45) is 5.41 Å². The Balaban J connectivity index is 0.000000451. The van der Waals surface area contributed by atoms with Gasteiger partial charge in [0.05, 0.1) is 37.9 Å². The molecule has 2 aliphatic rings. The SMILES string of the molecule is C1COCCO1.CC(C)(C)C1=CC(=N)C(=N)C=C1.CC(C)(C)c1ccc([NH-])c([NH-])c1.[Pt+2]. The third-order valence-corrected chi connectivity index (χ3v) is 4.52. The number of hydrogen-bond acceptors (Lipinski definition) is 4. The van der Waals surface area contributed by atoms with E-state index in [2.05, 4.69) is 41.5 Å². The molecule has 1 heterocycles. The number of hydrogen-bond donors (Lipinski definition) is 2. The van der Waals surface area contributed by atoms with Gasteiger partial charge in [-0.2, -0.15) is 11.4 Å². The van der Waals surface area contributed by atoms with E-state index in [1.165, 1.54) is 0 Å². The minimum atomic E-state index is 0. The second kappa shape index (κ2) is 12.9. The van der Waals surface area contributed by atoms with Crippen molar-refractivity contribution in [3.05, 3.63) is 59.0 Å². The smallest absolute Gasteiger partial charge is 0.700 e. The van der Waals surface area contributed by atoms with E-state index in [0.717, 1.165) is 37.6 Å². The summed E-state index contributed by atoms with van der Waals surface area (Å²) in [7, 11) is 0. The van der Waals surface area contributed by atoms with Crippen LogP contribution in [0.3, 0.4) is 0 Å². The van der Waals surface area contributed by atoms with Crippen LogP contribution in [0.5, 0.6) is 0 Å². The molecular formula is C24H36N4O2Pt. The van der Waals surface area contributed by atoms with Crippen molar-refractivity contribution in [2.45, 2.75) is 47.0 Å². The molecule has 0 unspecified atom stereocenters. The van der Waals surface area contributed by atoms with Crippen molar-refractivity contribution in [3.63, 3.8) is 0 Å². The number of benzene rings is 1. The van der Waals surface area contributed by atoms with E-state index in [1.807, 2.05) is 12.1 Å². The van der Waals surface area contributed by atoms with E-state index in [-0.39, 0.29) is 31.9 Å². The molecule has 0 radical (unpaired) electrons. The predicted octanol–water partition coefficient (Wildman–Crippen LogP) is 6.95. The Bertz CT molecular complexity index is 787. The van der Waals surface area contributed by atoms with Gasteiger partial charge in [0.15, 0.2) is 0 Å². The van der Waals surface area contributed by atoms with Crippen LogP contribution in [0.2, 0.25) is 0 Å². The minimum absolute atomic E-state index is 0. The molecule has 7 heteroatoms. The molecule has 0 saturated carbocycles. The van der Waals surface area contributed by atoms with Crippen molar-refractivity contribution in [3.8, 4) is 0 Å². The molecule has 1 saturated heterocycles. The monoisotopic (exact) mass is 607 g/mol. The first kappa shape index (κ1) is 29.2. The van der Waals surface area contributed by atoms with Gasteiger partial charge in [0.2, 0.25) is 0 Å². The third-order valence-electron chi connectivity index (χ3n) is 4.52. The first-order chi connectivity index (χ1) is 13.8. The summed E-state index contributed by atoms with van der Waals surface area (Å²) >= 11 is 0. The van der Waals surface area contributed by atoms with E-state index < -0.39 is 0 Å². The molecule has 1 aliphatic heterocycles. The summed E-state index contributed by atoms with van der Waals surface area (Å²) in [6.07, 6.45) is 5.37. The van der Waals surface area contributed by atoms with Crippen molar-refractivity contribution in [2.75, 3.05) is 26.4 Å². The first-order valence-corrected chi connectivity index (χ1v) is 10.1. The summed E-state index contributed by atoms with van der Waals surface area (Å²) in [4.78, 5) is 0. The van der Waals surface area contributed by atoms with Gasteiger partial charge in [-0.1, -0.05) is 65.8 Å². The summed E-state index contributed by atoms with van der Waals surface area (Å²) in [5, 5.41) is 14.8. The normalized spacial score (nSPS) is 16.1. The van der Waals surface area contributed by atoms with Gasteiger partial charge >= 0.3 is 21.1 Å². The average Bonchev–Trinajstić information content (AvgIpc) is 2.67. The Morgan fingerprint density at radius 2 is 1.26 bits per heavy atom. The molecule has 3 rings (SSSR count). The molecule has 0 aromatic heterocycles. The molecule has 0 bridgehead atoms. The van der Waals surface area contributed by atoms with Gasteiger partial charge in [0.1, 0.15) is 0 Å². The zero-order valence-electron chi connectivity index (χ0n) is 19.4. The Morgan fingerprint density at radius 3 is 1.61 bits per heavy atom. The van der Waals surface area contributed by atoms with Gasteiger partial charge in [-0.25, -0.2) is 0 Å². The predicted molar refractivity (Wildman–Crippen MR) is 127 cm³/mol. The van der Waals surface area contributed by atoms with Crippen LogP contribution in [0.15, 0.2) is 42.0 Å². The second-order valence-electron chi connectivity index (χ2n) is 9.25. The number of ether oxygens (including phenoxy) is 2. The van der Waals surface area contributed by atoms with Gasteiger partial charge in [0, 0.05) is 0 Å². The van der Waals surface area contributed by atoms with E-state index in [9.17, 15) is 0 Å². The molecule has 1 aliphatic carbocycles. The van der Waals surface area contributed by atoms with Gasteiger partial charge < -0.3 is 20.9 Å². The van der Waals surface area contributed by atoms with Crippen LogP contribution in [-0.4, -0.2) is 37.9 Å². The molecule has 1 aromatic rings. The fourth-order valence-electron chi connectivity index (χ4n) is 2.46. The number of nitrogens with one attached hydrogen (secondary N) is 4. The van der Waals surface area contributed by atoms with Crippen LogP contribution in [0.1, 0.15) is 47.1 Å². The Morgan fingerprint density at radius 1 is 0.742 bits per heavy atom. The molecule has 0 spiro atoms. The van der Waals surface area contributed by atoms with E-state index in [1.54, 1.807) is 24.3 Å². The molecule has 31 heavy (non-hydrogen) atoms. The maximum atomic E-state index is 7.45. The summed E-state index contributed by atoms with van der Waals surface area (Å²) < 4.78 is 9.89. The van der Waals surface area contributed by atoms with Crippen LogP contribution in [0, 0.1) is 16.2 Å². The molecule has 6 nitrogen and oxygen atoms in total. The van der Waals surface area contributed by atoms with Crippen LogP contribution in [0.25, 0.3) is 11.5 Å². The molecule has 0 atom stereocenters. The molecule has 174 valence electrons. The van der Waals surface area contributed by atoms with Crippen LogP contribution >= 0.6 is 0 Å². The Labute approximate surface area is 201 Å². The maximum absolute atomic E-state index is 7.45. The summed E-state index contributed by atoms with van der Waals surface area (Å²) in [5.41, 5.74) is 18.4. The van der Waals surface area contributed by atoms with Crippen LogP contribution < -0.4 is 0 Å². The van der Waals surface area contributed by atoms with Gasteiger partial charge in [-0.15, -0.1) is 0 Å². The van der Waals surface area contributed by atoms with Crippen molar-refractivity contribution in [1.82, 2.24) is 0 Å².